The summed E-state index contributed by atoms with van der Waals surface area (Å²) >= 11 is 0. The molecule has 0 spiro atoms. The number of benzene rings is 3. The van der Waals surface area contributed by atoms with E-state index in [1.807, 2.05) is 54.6 Å². The molecule has 0 saturated carbocycles. The van der Waals surface area contributed by atoms with Gasteiger partial charge in [0.05, 0.1) is 7.11 Å². The summed E-state index contributed by atoms with van der Waals surface area (Å²) in [6.07, 6.45) is 1.04. The predicted octanol–water partition coefficient (Wildman–Crippen LogP) is 4.82. The van der Waals surface area contributed by atoms with Gasteiger partial charge in [0.1, 0.15) is 5.75 Å². The number of rotatable bonds is 7. The van der Waals surface area contributed by atoms with E-state index >= 15 is 0 Å². The van der Waals surface area contributed by atoms with Gasteiger partial charge in [-0.3, -0.25) is 4.79 Å². The van der Waals surface area contributed by atoms with E-state index in [0.29, 0.717) is 19.4 Å². The Labute approximate surface area is 186 Å². The van der Waals surface area contributed by atoms with Crippen LogP contribution in [-0.2, 0) is 17.8 Å². The number of para-hydroxylation sites is 1. The normalized spacial score (nSPS) is 12.2. The number of ether oxygens (including phenoxy) is 3. The van der Waals surface area contributed by atoms with Crippen molar-refractivity contribution in [1.82, 2.24) is 10.3 Å². The molecule has 1 aliphatic rings. The highest BCUT2D eigenvalue weighted by atomic mass is 16.7. The lowest BCUT2D eigenvalue weighted by Gasteiger charge is -2.08. The Hall–Kier alpha value is -3.93. The second kappa shape index (κ2) is 8.67. The summed E-state index contributed by atoms with van der Waals surface area (Å²) in [6, 6.07) is 21.9. The number of carbonyl (C=O) groups is 1. The Morgan fingerprint density at radius 1 is 1.03 bits per heavy atom. The van der Waals surface area contributed by atoms with Gasteiger partial charge in [0.25, 0.3) is 0 Å². The number of nitrogens with one attached hydrogen (secondary N) is 2. The minimum absolute atomic E-state index is 0.00799. The monoisotopic (exact) mass is 428 g/mol. The molecule has 0 aliphatic carbocycles. The summed E-state index contributed by atoms with van der Waals surface area (Å²) in [7, 11) is 1.66. The van der Waals surface area contributed by atoms with Crippen LogP contribution < -0.4 is 19.5 Å². The standard InChI is InChI=1S/C26H24N2O4/c1-30-19-9-7-18(8-10-19)26-21(20-4-2-3-5-22(20)28-26)11-13-25(29)27-15-17-6-12-23-24(14-17)32-16-31-23/h2-10,12,14,28H,11,13,15-16H2,1H3,(H,27,29). The minimum Gasteiger partial charge on any atom is -0.497 e. The van der Waals surface area contributed by atoms with Gasteiger partial charge in [-0.1, -0.05) is 24.3 Å². The van der Waals surface area contributed by atoms with Gasteiger partial charge in [0.2, 0.25) is 12.7 Å². The van der Waals surface area contributed by atoms with Gasteiger partial charge < -0.3 is 24.5 Å². The number of hydrogen-bond donors (Lipinski definition) is 2. The molecule has 0 bridgehead atoms. The summed E-state index contributed by atoms with van der Waals surface area (Å²) in [6.45, 7) is 0.695. The summed E-state index contributed by atoms with van der Waals surface area (Å²) < 4.78 is 16.0. The summed E-state index contributed by atoms with van der Waals surface area (Å²) in [4.78, 5) is 16.1. The number of fused-ring (bicyclic) bond motifs is 2. The van der Waals surface area contributed by atoms with E-state index in [0.717, 1.165) is 50.5 Å². The number of aromatic nitrogens is 1. The number of hydrogen-bond acceptors (Lipinski definition) is 4. The fraction of sp³-hybridized carbons (Fsp3) is 0.192. The number of aromatic amines is 1. The van der Waals surface area contributed by atoms with Crippen LogP contribution in [0, 0.1) is 0 Å². The number of aryl methyl sites for hydroxylation is 1. The van der Waals surface area contributed by atoms with E-state index in [4.69, 9.17) is 14.2 Å². The summed E-state index contributed by atoms with van der Waals surface area (Å²) in [5, 5.41) is 4.15. The highest BCUT2D eigenvalue weighted by Gasteiger charge is 2.16. The number of methoxy groups -OCH3 is 1. The van der Waals surface area contributed by atoms with Crippen molar-refractivity contribution >= 4 is 16.8 Å². The molecule has 0 unspecified atom stereocenters. The zero-order chi connectivity index (χ0) is 21.9. The molecule has 0 atom stereocenters. The fourth-order valence-corrected chi connectivity index (χ4v) is 4.04. The van der Waals surface area contributed by atoms with E-state index in [1.54, 1.807) is 7.11 Å². The molecule has 6 nitrogen and oxygen atoms in total. The summed E-state index contributed by atoms with van der Waals surface area (Å²) in [5.41, 5.74) is 5.29. The van der Waals surface area contributed by atoms with Crippen molar-refractivity contribution in [2.24, 2.45) is 0 Å². The van der Waals surface area contributed by atoms with Crippen LogP contribution in [0.2, 0.25) is 0 Å². The number of H-pyrrole nitrogens is 1. The Morgan fingerprint density at radius 3 is 2.69 bits per heavy atom. The minimum atomic E-state index is 0.00799. The maximum Gasteiger partial charge on any atom is 0.231 e. The van der Waals surface area contributed by atoms with Gasteiger partial charge in [0.15, 0.2) is 11.5 Å². The highest BCUT2D eigenvalue weighted by molar-refractivity contribution is 5.91. The average Bonchev–Trinajstić information content (AvgIpc) is 3.45. The van der Waals surface area contributed by atoms with Crippen LogP contribution in [0.15, 0.2) is 66.7 Å². The molecular formula is C26H24N2O4. The lowest BCUT2D eigenvalue weighted by molar-refractivity contribution is -0.121. The average molecular weight is 428 g/mol. The van der Waals surface area contributed by atoms with Crippen molar-refractivity contribution in [2.45, 2.75) is 19.4 Å². The van der Waals surface area contributed by atoms with Gasteiger partial charge in [-0.2, -0.15) is 0 Å². The molecule has 1 aromatic heterocycles. The Kier molecular flexibility index (Phi) is 5.42. The Bertz CT molecular complexity index is 1260. The molecule has 0 saturated heterocycles. The molecule has 3 aromatic carbocycles. The van der Waals surface area contributed by atoms with E-state index in [-0.39, 0.29) is 12.7 Å². The van der Waals surface area contributed by atoms with Gasteiger partial charge in [-0.05, 0) is 65.6 Å². The van der Waals surface area contributed by atoms with Crippen molar-refractivity contribution in [3.63, 3.8) is 0 Å². The zero-order valence-corrected chi connectivity index (χ0v) is 17.8. The van der Waals surface area contributed by atoms with E-state index in [9.17, 15) is 4.79 Å². The predicted molar refractivity (Wildman–Crippen MR) is 123 cm³/mol. The zero-order valence-electron chi connectivity index (χ0n) is 17.8. The number of carbonyl (C=O) groups excluding carboxylic acids is 1. The first-order valence-electron chi connectivity index (χ1n) is 10.6. The largest absolute Gasteiger partial charge is 0.497 e. The van der Waals surface area contributed by atoms with Gasteiger partial charge in [-0.25, -0.2) is 0 Å². The van der Waals surface area contributed by atoms with Crippen LogP contribution in [0.25, 0.3) is 22.2 Å². The SMILES string of the molecule is COc1ccc(-c2[nH]c3ccccc3c2CCC(=O)NCc2ccc3c(c2)OCO3)cc1. The Balaban J connectivity index is 1.30. The molecule has 162 valence electrons. The topological polar surface area (TPSA) is 72.6 Å². The third-order valence-corrected chi connectivity index (χ3v) is 5.72. The molecular weight excluding hydrogens is 404 g/mol. The second-order valence-corrected chi connectivity index (χ2v) is 7.72. The summed E-state index contributed by atoms with van der Waals surface area (Å²) in [5.74, 6) is 2.29. The van der Waals surface area contributed by atoms with Crippen LogP contribution in [0.5, 0.6) is 17.2 Å². The molecule has 1 aliphatic heterocycles. The quantitative estimate of drug-likeness (QED) is 0.443. The van der Waals surface area contributed by atoms with Gasteiger partial charge in [0, 0.05) is 29.6 Å². The van der Waals surface area contributed by atoms with Crippen molar-refractivity contribution in [3.8, 4) is 28.5 Å². The first-order chi connectivity index (χ1) is 15.7. The highest BCUT2D eigenvalue weighted by Crippen LogP contribution is 2.33. The molecule has 0 radical (unpaired) electrons. The van der Waals surface area contributed by atoms with Gasteiger partial charge in [-0.15, -0.1) is 0 Å². The second-order valence-electron chi connectivity index (χ2n) is 7.72. The molecule has 2 N–H and O–H groups in total. The molecule has 1 amide bonds. The molecule has 0 fully saturated rings. The van der Waals surface area contributed by atoms with Crippen LogP contribution in [0.3, 0.4) is 0 Å². The Morgan fingerprint density at radius 2 is 1.84 bits per heavy atom. The van der Waals surface area contributed by atoms with Crippen molar-refractivity contribution in [1.29, 1.82) is 0 Å². The molecule has 4 aromatic rings. The third kappa shape index (κ3) is 3.99. The van der Waals surface area contributed by atoms with Crippen LogP contribution in [0.4, 0.5) is 0 Å². The lowest BCUT2D eigenvalue weighted by atomic mass is 10.0. The van der Waals surface area contributed by atoms with E-state index in [1.165, 1.54) is 0 Å². The smallest absolute Gasteiger partial charge is 0.231 e. The van der Waals surface area contributed by atoms with Crippen LogP contribution in [-0.4, -0.2) is 24.8 Å². The lowest BCUT2D eigenvalue weighted by Crippen LogP contribution is -2.23. The first kappa shape index (κ1) is 20.0. The van der Waals surface area contributed by atoms with Crippen LogP contribution >= 0.6 is 0 Å². The maximum absolute atomic E-state index is 12.6. The molecule has 2 heterocycles. The van der Waals surface area contributed by atoms with E-state index < -0.39 is 0 Å². The molecule has 5 rings (SSSR count). The van der Waals surface area contributed by atoms with Crippen molar-refractivity contribution in [2.75, 3.05) is 13.9 Å². The van der Waals surface area contributed by atoms with Crippen LogP contribution in [0.1, 0.15) is 17.5 Å². The van der Waals surface area contributed by atoms with Crippen molar-refractivity contribution < 1.29 is 19.0 Å². The third-order valence-electron chi connectivity index (χ3n) is 5.72. The molecule has 32 heavy (non-hydrogen) atoms. The van der Waals surface area contributed by atoms with Gasteiger partial charge >= 0.3 is 0 Å². The number of amides is 1. The fourth-order valence-electron chi connectivity index (χ4n) is 4.04. The van der Waals surface area contributed by atoms with Crippen molar-refractivity contribution in [3.05, 3.63) is 77.9 Å². The molecule has 6 heteroatoms. The van der Waals surface area contributed by atoms with E-state index in [2.05, 4.69) is 22.4 Å². The first-order valence-corrected chi connectivity index (χ1v) is 10.6. The maximum atomic E-state index is 12.6.